The van der Waals surface area contributed by atoms with E-state index < -0.39 is 17.7 Å². The molecule has 1 aliphatic rings. The summed E-state index contributed by atoms with van der Waals surface area (Å²) < 4.78 is 19.4. The molecule has 1 saturated heterocycles. The van der Waals surface area contributed by atoms with Gasteiger partial charge in [0.05, 0.1) is 11.3 Å². The van der Waals surface area contributed by atoms with E-state index in [1.165, 1.54) is 12.1 Å². The van der Waals surface area contributed by atoms with E-state index >= 15 is 0 Å². The molecule has 34 heavy (non-hydrogen) atoms. The quantitative estimate of drug-likeness (QED) is 0.519. The van der Waals surface area contributed by atoms with Gasteiger partial charge in [0.25, 0.3) is 0 Å². The van der Waals surface area contributed by atoms with E-state index in [4.69, 9.17) is 9.72 Å². The molecule has 1 fully saturated rings. The van der Waals surface area contributed by atoms with Crippen LogP contribution in [0.4, 0.5) is 10.1 Å². The number of aryl methyl sites for hydroxylation is 2. The van der Waals surface area contributed by atoms with E-state index in [-0.39, 0.29) is 11.2 Å². The van der Waals surface area contributed by atoms with Gasteiger partial charge in [-0.05, 0) is 70.6 Å². The molecule has 0 aliphatic carbocycles. The Morgan fingerprint density at radius 3 is 2.24 bits per heavy atom. The Bertz CT molecular complexity index is 1060. The molecule has 184 valence electrons. The molecule has 0 amide bonds. The van der Waals surface area contributed by atoms with Gasteiger partial charge in [-0.25, -0.2) is 9.18 Å². The zero-order valence-electron chi connectivity index (χ0n) is 21.4. The SMILES string of the molecule is Cc1nc(C)c(C(OC(C)(C)C)C(=O)O)c(N2CCC(C)(C)CC2)c1/C=C/c1ccc(F)cc1. The monoisotopic (exact) mass is 468 g/mol. The Hall–Kier alpha value is -2.73. The predicted octanol–water partition coefficient (Wildman–Crippen LogP) is 6.58. The number of hydrogen-bond acceptors (Lipinski definition) is 4. The number of carbonyl (C=O) groups is 1. The summed E-state index contributed by atoms with van der Waals surface area (Å²) in [4.78, 5) is 19.5. The minimum atomic E-state index is -1.14. The fourth-order valence-electron chi connectivity index (χ4n) is 4.39. The lowest BCUT2D eigenvalue weighted by atomic mass is 9.82. The van der Waals surface area contributed by atoms with Crippen molar-refractivity contribution in [3.63, 3.8) is 0 Å². The summed E-state index contributed by atoms with van der Waals surface area (Å²) >= 11 is 0. The topological polar surface area (TPSA) is 62.7 Å². The number of halogens is 1. The van der Waals surface area contributed by atoms with Crippen LogP contribution < -0.4 is 4.90 Å². The number of ether oxygens (including phenoxy) is 1. The number of carboxylic acids is 1. The number of hydrogen-bond donors (Lipinski definition) is 1. The Kier molecular flexibility index (Phi) is 7.51. The number of pyridine rings is 1. The van der Waals surface area contributed by atoms with Crippen molar-refractivity contribution in [3.8, 4) is 0 Å². The predicted molar refractivity (Wildman–Crippen MR) is 135 cm³/mol. The summed E-state index contributed by atoms with van der Waals surface area (Å²) in [5.74, 6) is -1.32. The van der Waals surface area contributed by atoms with Gasteiger partial charge in [-0.3, -0.25) is 4.98 Å². The number of benzene rings is 1. The highest BCUT2D eigenvalue weighted by Gasteiger charge is 2.35. The Labute approximate surface area is 202 Å². The van der Waals surface area contributed by atoms with Crippen molar-refractivity contribution in [2.24, 2.45) is 5.41 Å². The van der Waals surface area contributed by atoms with Crippen LogP contribution >= 0.6 is 0 Å². The van der Waals surface area contributed by atoms with Crippen LogP contribution in [0.25, 0.3) is 12.2 Å². The first-order valence-electron chi connectivity index (χ1n) is 11.9. The molecule has 0 saturated carbocycles. The van der Waals surface area contributed by atoms with Gasteiger partial charge < -0.3 is 14.7 Å². The molecule has 5 nitrogen and oxygen atoms in total. The molecule has 1 N–H and O–H groups in total. The van der Waals surface area contributed by atoms with Crippen LogP contribution in [0.3, 0.4) is 0 Å². The van der Waals surface area contributed by atoms with Gasteiger partial charge in [-0.2, -0.15) is 0 Å². The van der Waals surface area contributed by atoms with Gasteiger partial charge in [-0.15, -0.1) is 0 Å². The molecule has 0 radical (unpaired) electrons. The molecule has 0 spiro atoms. The van der Waals surface area contributed by atoms with Gasteiger partial charge >= 0.3 is 5.97 Å². The normalized spacial score (nSPS) is 17.2. The summed E-state index contributed by atoms with van der Waals surface area (Å²) in [7, 11) is 0. The molecule has 1 aliphatic heterocycles. The van der Waals surface area contributed by atoms with Crippen LogP contribution in [0.15, 0.2) is 24.3 Å². The van der Waals surface area contributed by atoms with E-state index in [0.29, 0.717) is 11.3 Å². The zero-order valence-corrected chi connectivity index (χ0v) is 21.4. The van der Waals surface area contributed by atoms with Crippen molar-refractivity contribution in [1.29, 1.82) is 0 Å². The number of carboxylic acid groups (broad SMARTS) is 1. The molecule has 3 rings (SSSR count). The highest BCUT2D eigenvalue weighted by molar-refractivity contribution is 5.85. The van der Waals surface area contributed by atoms with Gasteiger partial charge in [-0.1, -0.05) is 38.1 Å². The number of aromatic nitrogens is 1. The summed E-state index contributed by atoms with van der Waals surface area (Å²) in [6, 6.07) is 6.29. The third-order valence-electron chi connectivity index (χ3n) is 6.33. The van der Waals surface area contributed by atoms with E-state index in [2.05, 4.69) is 18.7 Å². The lowest BCUT2D eigenvalue weighted by Gasteiger charge is -2.41. The average Bonchev–Trinajstić information content (AvgIpc) is 2.72. The lowest BCUT2D eigenvalue weighted by Crippen LogP contribution is -2.39. The highest BCUT2D eigenvalue weighted by Crippen LogP contribution is 2.41. The molecule has 1 unspecified atom stereocenters. The molecule has 1 aromatic carbocycles. The van der Waals surface area contributed by atoms with Crippen molar-refractivity contribution in [3.05, 3.63) is 58.2 Å². The number of nitrogens with zero attached hydrogens (tertiary/aromatic N) is 2. The van der Waals surface area contributed by atoms with Crippen LogP contribution in [0, 0.1) is 25.1 Å². The third kappa shape index (κ3) is 6.23. The second-order valence-electron chi connectivity index (χ2n) is 10.9. The van der Waals surface area contributed by atoms with Crippen LogP contribution in [0.5, 0.6) is 0 Å². The Morgan fingerprint density at radius 1 is 1.12 bits per heavy atom. The Morgan fingerprint density at radius 2 is 1.71 bits per heavy atom. The fourth-order valence-corrected chi connectivity index (χ4v) is 4.39. The lowest BCUT2D eigenvalue weighted by molar-refractivity contribution is -0.160. The molecular weight excluding hydrogens is 431 g/mol. The first kappa shape index (κ1) is 25.9. The van der Waals surface area contributed by atoms with Gasteiger partial charge in [0.2, 0.25) is 0 Å². The second kappa shape index (κ2) is 9.87. The molecule has 2 aromatic rings. The third-order valence-corrected chi connectivity index (χ3v) is 6.33. The van der Waals surface area contributed by atoms with Crippen molar-refractivity contribution in [2.45, 2.75) is 73.0 Å². The molecule has 2 heterocycles. The molecular formula is C28H37FN2O3. The van der Waals surface area contributed by atoms with Gasteiger partial charge in [0.1, 0.15) is 5.82 Å². The zero-order chi connectivity index (χ0) is 25.3. The fraction of sp³-hybridized carbons (Fsp3) is 0.500. The average molecular weight is 469 g/mol. The Balaban J connectivity index is 2.20. The van der Waals surface area contributed by atoms with Gasteiger partial charge in [0.15, 0.2) is 6.10 Å². The van der Waals surface area contributed by atoms with Crippen molar-refractivity contribution in [1.82, 2.24) is 4.98 Å². The van der Waals surface area contributed by atoms with Crippen LogP contribution in [-0.2, 0) is 9.53 Å². The maximum Gasteiger partial charge on any atom is 0.337 e. The van der Waals surface area contributed by atoms with Crippen molar-refractivity contribution in [2.75, 3.05) is 18.0 Å². The first-order chi connectivity index (χ1) is 15.8. The molecule has 6 heteroatoms. The smallest absolute Gasteiger partial charge is 0.337 e. The van der Waals surface area contributed by atoms with Crippen molar-refractivity contribution < 1.29 is 19.0 Å². The summed E-state index contributed by atoms with van der Waals surface area (Å²) in [6.07, 6.45) is 4.75. The first-order valence-corrected chi connectivity index (χ1v) is 11.9. The maximum absolute atomic E-state index is 13.4. The van der Waals surface area contributed by atoms with E-state index in [0.717, 1.165) is 48.4 Å². The second-order valence-corrected chi connectivity index (χ2v) is 10.9. The number of aliphatic carboxylic acids is 1. The standard InChI is InChI=1S/C28H37FN2O3/c1-18-22(13-10-20-8-11-21(29)12-9-20)24(31-16-14-28(6,7)15-17-31)23(19(2)30-18)25(26(32)33)34-27(3,4)5/h8-13,25H,14-17H2,1-7H3,(H,32,33)/b13-10+. The maximum atomic E-state index is 13.4. The minimum absolute atomic E-state index is 0.242. The van der Waals surface area contributed by atoms with Crippen LogP contribution in [0.1, 0.15) is 81.6 Å². The van der Waals surface area contributed by atoms with Crippen LogP contribution in [0.2, 0.25) is 0 Å². The molecule has 1 atom stereocenters. The molecule has 1 aromatic heterocycles. The van der Waals surface area contributed by atoms with Crippen LogP contribution in [-0.4, -0.2) is 34.8 Å². The number of piperidine rings is 1. The van der Waals surface area contributed by atoms with E-state index in [1.807, 2.05) is 46.8 Å². The summed E-state index contributed by atoms with van der Waals surface area (Å²) in [5.41, 5.74) is 4.27. The highest BCUT2D eigenvalue weighted by atomic mass is 19.1. The van der Waals surface area contributed by atoms with E-state index in [9.17, 15) is 14.3 Å². The number of anilines is 1. The number of rotatable bonds is 6. The van der Waals surface area contributed by atoms with Crippen molar-refractivity contribution >= 4 is 23.8 Å². The summed E-state index contributed by atoms with van der Waals surface area (Å²) in [6.45, 7) is 15.6. The largest absolute Gasteiger partial charge is 0.479 e. The van der Waals surface area contributed by atoms with Gasteiger partial charge in [0, 0.05) is 35.6 Å². The summed E-state index contributed by atoms with van der Waals surface area (Å²) in [5, 5.41) is 10.2. The minimum Gasteiger partial charge on any atom is -0.479 e. The van der Waals surface area contributed by atoms with E-state index in [1.54, 1.807) is 12.1 Å². The molecule has 0 bridgehead atoms.